The molecule has 0 aromatic carbocycles. The van der Waals surface area contributed by atoms with E-state index in [1.807, 2.05) is 0 Å². The molecule has 18 heavy (non-hydrogen) atoms. The van der Waals surface area contributed by atoms with E-state index in [0.717, 1.165) is 38.9 Å². The Morgan fingerprint density at radius 2 is 2.11 bits per heavy atom. The highest BCUT2D eigenvalue weighted by Crippen LogP contribution is 2.30. The zero-order valence-electron chi connectivity index (χ0n) is 12.0. The Kier molecular flexibility index (Phi) is 4.66. The van der Waals surface area contributed by atoms with Crippen LogP contribution in [0.4, 0.5) is 0 Å². The zero-order valence-corrected chi connectivity index (χ0v) is 12.0. The monoisotopic (exact) mass is 252 g/mol. The molecule has 0 aromatic heterocycles. The number of rotatable bonds is 3. The van der Waals surface area contributed by atoms with Crippen LogP contribution in [0.25, 0.3) is 0 Å². The first-order valence-electron chi connectivity index (χ1n) is 7.58. The summed E-state index contributed by atoms with van der Waals surface area (Å²) in [5.74, 6) is 0.376. The van der Waals surface area contributed by atoms with Gasteiger partial charge in [-0.25, -0.2) is 0 Å². The first-order chi connectivity index (χ1) is 8.57. The van der Waals surface area contributed by atoms with E-state index in [0.29, 0.717) is 17.4 Å². The van der Waals surface area contributed by atoms with Gasteiger partial charge in [0.1, 0.15) is 0 Å². The van der Waals surface area contributed by atoms with E-state index in [2.05, 4.69) is 24.1 Å². The summed E-state index contributed by atoms with van der Waals surface area (Å²) in [7, 11) is 0. The summed E-state index contributed by atoms with van der Waals surface area (Å²) in [5, 5.41) is 3.47. The molecule has 1 N–H and O–H groups in total. The number of nitrogens with one attached hydrogen (secondary N) is 1. The van der Waals surface area contributed by atoms with Gasteiger partial charge in [0.15, 0.2) is 0 Å². The number of carbonyl (C=O) groups is 1. The molecule has 1 amide bonds. The van der Waals surface area contributed by atoms with Gasteiger partial charge in [-0.2, -0.15) is 0 Å². The summed E-state index contributed by atoms with van der Waals surface area (Å²) < 4.78 is 0. The number of amides is 1. The lowest BCUT2D eigenvalue weighted by molar-refractivity contribution is -0.131. The highest BCUT2D eigenvalue weighted by Gasteiger charge is 2.25. The van der Waals surface area contributed by atoms with Crippen LogP contribution in [0.2, 0.25) is 0 Å². The molecule has 104 valence electrons. The summed E-state index contributed by atoms with van der Waals surface area (Å²) in [6.07, 6.45) is 7.86. The molecule has 2 aliphatic heterocycles. The lowest BCUT2D eigenvalue weighted by Gasteiger charge is -2.23. The van der Waals surface area contributed by atoms with Crippen molar-refractivity contribution >= 4 is 5.91 Å². The van der Waals surface area contributed by atoms with Crippen LogP contribution < -0.4 is 5.32 Å². The maximum atomic E-state index is 12.2. The quantitative estimate of drug-likeness (QED) is 0.837. The Bertz CT molecular complexity index is 282. The van der Waals surface area contributed by atoms with E-state index in [9.17, 15) is 4.79 Å². The Labute approximate surface area is 111 Å². The van der Waals surface area contributed by atoms with Gasteiger partial charge in [0, 0.05) is 25.6 Å². The van der Waals surface area contributed by atoms with Gasteiger partial charge in [-0.3, -0.25) is 4.79 Å². The molecule has 0 bridgehead atoms. The Balaban J connectivity index is 1.74. The third-order valence-corrected chi connectivity index (χ3v) is 4.56. The van der Waals surface area contributed by atoms with Crippen LogP contribution in [0.15, 0.2) is 0 Å². The molecule has 0 saturated carbocycles. The fraction of sp³-hybridized carbons (Fsp3) is 0.933. The molecule has 0 spiro atoms. The molecular formula is C15H28N2O. The largest absolute Gasteiger partial charge is 0.343 e. The molecule has 2 saturated heterocycles. The second-order valence-corrected chi connectivity index (χ2v) is 6.73. The topological polar surface area (TPSA) is 32.3 Å². The molecule has 3 nitrogen and oxygen atoms in total. The third kappa shape index (κ3) is 3.98. The van der Waals surface area contributed by atoms with Crippen LogP contribution in [0.3, 0.4) is 0 Å². The minimum absolute atomic E-state index is 0.376. The van der Waals surface area contributed by atoms with Crippen molar-refractivity contribution in [1.82, 2.24) is 10.2 Å². The fourth-order valence-electron chi connectivity index (χ4n) is 3.13. The number of nitrogens with zero attached hydrogens (tertiary/aromatic N) is 1. The number of hydrogen-bond donors (Lipinski definition) is 1. The first-order valence-corrected chi connectivity index (χ1v) is 7.58. The van der Waals surface area contributed by atoms with Crippen LogP contribution >= 0.6 is 0 Å². The van der Waals surface area contributed by atoms with E-state index in [1.54, 1.807) is 0 Å². The van der Waals surface area contributed by atoms with E-state index >= 15 is 0 Å². The number of hydrogen-bond acceptors (Lipinski definition) is 2. The van der Waals surface area contributed by atoms with Crippen LogP contribution in [0.1, 0.15) is 58.8 Å². The fourth-order valence-corrected chi connectivity index (χ4v) is 3.13. The van der Waals surface area contributed by atoms with Crippen molar-refractivity contribution in [2.75, 3.05) is 19.6 Å². The van der Waals surface area contributed by atoms with Crippen molar-refractivity contribution in [3.8, 4) is 0 Å². The van der Waals surface area contributed by atoms with Gasteiger partial charge in [-0.1, -0.05) is 13.8 Å². The predicted octanol–water partition coefficient (Wildman–Crippen LogP) is 2.56. The van der Waals surface area contributed by atoms with Gasteiger partial charge in [-0.15, -0.1) is 0 Å². The SMILES string of the molecule is CC1(C)CCCN(C(=O)CCC2CCCN2)CC1. The van der Waals surface area contributed by atoms with E-state index in [1.165, 1.54) is 25.7 Å². The smallest absolute Gasteiger partial charge is 0.222 e. The Morgan fingerprint density at radius 1 is 1.28 bits per heavy atom. The Hall–Kier alpha value is -0.570. The normalized spacial score (nSPS) is 28.1. The molecule has 0 aromatic rings. The van der Waals surface area contributed by atoms with Crippen LogP contribution in [-0.4, -0.2) is 36.5 Å². The van der Waals surface area contributed by atoms with Crippen LogP contribution in [0.5, 0.6) is 0 Å². The maximum absolute atomic E-state index is 12.2. The van der Waals surface area contributed by atoms with Gasteiger partial charge < -0.3 is 10.2 Å². The molecule has 3 heteroatoms. The van der Waals surface area contributed by atoms with Gasteiger partial charge in [-0.05, 0) is 50.5 Å². The van der Waals surface area contributed by atoms with E-state index in [-0.39, 0.29) is 0 Å². The van der Waals surface area contributed by atoms with E-state index < -0.39 is 0 Å². The molecule has 2 aliphatic rings. The highest BCUT2D eigenvalue weighted by molar-refractivity contribution is 5.76. The summed E-state index contributed by atoms with van der Waals surface area (Å²) in [6, 6.07) is 0.595. The van der Waals surface area contributed by atoms with Crippen molar-refractivity contribution in [1.29, 1.82) is 0 Å². The Morgan fingerprint density at radius 3 is 2.83 bits per heavy atom. The first kappa shape index (κ1) is 13.9. The standard InChI is InChI=1S/C15H28N2O/c1-15(2)8-4-11-17(12-9-15)14(18)7-6-13-5-3-10-16-13/h13,16H,3-12H2,1-2H3. The zero-order chi connectivity index (χ0) is 13.0. The third-order valence-electron chi connectivity index (χ3n) is 4.56. The molecule has 0 aliphatic carbocycles. The van der Waals surface area contributed by atoms with Crippen molar-refractivity contribution < 1.29 is 4.79 Å². The van der Waals surface area contributed by atoms with Crippen molar-refractivity contribution in [2.45, 2.75) is 64.8 Å². The predicted molar refractivity (Wildman–Crippen MR) is 74.5 cm³/mol. The summed E-state index contributed by atoms with van der Waals surface area (Å²) in [5.41, 5.74) is 0.419. The molecular weight excluding hydrogens is 224 g/mol. The summed E-state index contributed by atoms with van der Waals surface area (Å²) in [6.45, 7) is 7.72. The summed E-state index contributed by atoms with van der Waals surface area (Å²) >= 11 is 0. The van der Waals surface area contributed by atoms with Crippen LogP contribution in [0, 0.1) is 5.41 Å². The average Bonchev–Trinajstić information content (AvgIpc) is 2.77. The average molecular weight is 252 g/mol. The minimum atomic E-state index is 0.376. The van der Waals surface area contributed by atoms with Crippen LogP contribution in [-0.2, 0) is 4.79 Å². The molecule has 1 unspecified atom stereocenters. The number of carbonyl (C=O) groups excluding carboxylic acids is 1. The van der Waals surface area contributed by atoms with Gasteiger partial charge >= 0.3 is 0 Å². The summed E-state index contributed by atoms with van der Waals surface area (Å²) in [4.78, 5) is 14.3. The lowest BCUT2D eigenvalue weighted by Crippen LogP contribution is -2.33. The molecule has 2 heterocycles. The van der Waals surface area contributed by atoms with Gasteiger partial charge in [0.2, 0.25) is 5.91 Å². The van der Waals surface area contributed by atoms with Gasteiger partial charge in [0.05, 0.1) is 0 Å². The second-order valence-electron chi connectivity index (χ2n) is 6.73. The molecule has 0 radical (unpaired) electrons. The molecule has 2 fully saturated rings. The second kappa shape index (κ2) is 6.05. The van der Waals surface area contributed by atoms with E-state index in [4.69, 9.17) is 0 Å². The molecule has 1 atom stereocenters. The minimum Gasteiger partial charge on any atom is -0.343 e. The van der Waals surface area contributed by atoms with Crippen molar-refractivity contribution in [2.24, 2.45) is 5.41 Å². The number of likely N-dealkylation sites (tertiary alicyclic amines) is 1. The molecule has 2 rings (SSSR count). The van der Waals surface area contributed by atoms with Crippen molar-refractivity contribution in [3.63, 3.8) is 0 Å². The highest BCUT2D eigenvalue weighted by atomic mass is 16.2. The van der Waals surface area contributed by atoms with Crippen molar-refractivity contribution in [3.05, 3.63) is 0 Å². The lowest BCUT2D eigenvalue weighted by atomic mass is 9.85. The maximum Gasteiger partial charge on any atom is 0.222 e. The van der Waals surface area contributed by atoms with Gasteiger partial charge in [0.25, 0.3) is 0 Å².